The van der Waals surface area contributed by atoms with Crippen LogP contribution >= 0.6 is 0 Å². The first-order chi connectivity index (χ1) is 9.80. The van der Waals surface area contributed by atoms with Gasteiger partial charge in [-0.05, 0) is 13.0 Å². The highest BCUT2D eigenvalue weighted by molar-refractivity contribution is 5.98. The van der Waals surface area contributed by atoms with Crippen LogP contribution < -0.4 is 10.6 Å². The molecule has 1 unspecified atom stereocenters. The molecule has 0 bridgehead atoms. The monoisotopic (exact) mass is 302 g/mol. The summed E-state index contributed by atoms with van der Waals surface area (Å²) >= 11 is 0. The van der Waals surface area contributed by atoms with Crippen LogP contribution in [0.3, 0.4) is 0 Å². The molecule has 1 aliphatic heterocycles. The zero-order valence-corrected chi connectivity index (χ0v) is 11.6. The first kappa shape index (κ1) is 15.6. The number of nitrogens with two attached hydrogens (primary N) is 1. The Morgan fingerprint density at radius 2 is 1.95 bits per heavy atom. The van der Waals surface area contributed by atoms with E-state index in [1.54, 1.807) is 6.07 Å². The largest absolute Gasteiger partial charge is 0.403 e. The Kier molecular flexibility index (Phi) is 4.36. The second-order valence-electron chi connectivity index (χ2n) is 5.00. The number of alkyl halides is 3. The van der Waals surface area contributed by atoms with Crippen LogP contribution in [0.25, 0.3) is 0 Å². The van der Waals surface area contributed by atoms with Crippen LogP contribution in [-0.4, -0.2) is 54.2 Å². The third-order valence-electron chi connectivity index (χ3n) is 3.74. The molecule has 8 heteroatoms. The van der Waals surface area contributed by atoms with Crippen LogP contribution in [0.2, 0.25) is 0 Å². The summed E-state index contributed by atoms with van der Waals surface area (Å²) in [5.41, 5.74) is 6.20. The van der Waals surface area contributed by atoms with Crippen molar-refractivity contribution in [1.82, 2.24) is 9.88 Å². The van der Waals surface area contributed by atoms with Crippen molar-refractivity contribution in [2.45, 2.75) is 19.1 Å². The minimum atomic E-state index is -4.22. The number of carbonyl (C=O) groups excluding carboxylic acids is 1. The smallest absolute Gasteiger partial charge is 0.368 e. The van der Waals surface area contributed by atoms with Gasteiger partial charge in [-0.25, -0.2) is 0 Å². The van der Waals surface area contributed by atoms with E-state index >= 15 is 0 Å². The van der Waals surface area contributed by atoms with E-state index in [4.69, 9.17) is 5.73 Å². The predicted molar refractivity (Wildman–Crippen MR) is 72.1 cm³/mol. The Labute approximate surface area is 120 Å². The van der Waals surface area contributed by atoms with E-state index in [9.17, 15) is 18.0 Å². The Morgan fingerprint density at radius 1 is 1.33 bits per heavy atom. The molecule has 21 heavy (non-hydrogen) atoms. The average molecular weight is 302 g/mol. The second kappa shape index (κ2) is 5.88. The number of carbonyl (C=O) groups is 1. The van der Waals surface area contributed by atoms with Gasteiger partial charge in [0.25, 0.3) is 5.91 Å². The van der Waals surface area contributed by atoms with Gasteiger partial charge >= 0.3 is 6.18 Å². The molecule has 1 fully saturated rings. The van der Waals surface area contributed by atoms with Crippen LogP contribution in [0.15, 0.2) is 18.5 Å². The summed E-state index contributed by atoms with van der Waals surface area (Å²) in [4.78, 5) is 18.5. The number of rotatable bonds is 3. The molecular weight excluding hydrogens is 285 g/mol. The van der Waals surface area contributed by atoms with E-state index in [-0.39, 0.29) is 18.7 Å². The van der Waals surface area contributed by atoms with Crippen LogP contribution in [0.5, 0.6) is 0 Å². The fraction of sp³-hybridized carbons (Fsp3) is 0.538. The van der Waals surface area contributed by atoms with E-state index in [1.165, 1.54) is 17.3 Å². The Balaban J connectivity index is 2.07. The maximum atomic E-state index is 12.7. The summed E-state index contributed by atoms with van der Waals surface area (Å²) in [7, 11) is 0. The number of pyridine rings is 1. The lowest BCUT2D eigenvalue weighted by atomic mass is 10.1. The summed E-state index contributed by atoms with van der Waals surface area (Å²) in [6.07, 6.45) is -1.31. The molecule has 1 aromatic rings. The van der Waals surface area contributed by atoms with Gasteiger partial charge in [-0.2, -0.15) is 13.2 Å². The van der Waals surface area contributed by atoms with E-state index < -0.39 is 18.1 Å². The summed E-state index contributed by atoms with van der Waals surface area (Å²) in [6, 6.07) is 0.191. The second-order valence-corrected chi connectivity index (χ2v) is 5.00. The van der Waals surface area contributed by atoms with Crippen LogP contribution in [0, 0.1) is 0 Å². The van der Waals surface area contributed by atoms with E-state index in [0.717, 1.165) is 6.92 Å². The Hall–Kier alpha value is -1.83. The van der Waals surface area contributed by atoms with Gasteiger partial charge in [-0.15, -0.1) is 0 Å². The fourth-order valence-corrected chi connectivity index (χ4v) is 2.41. The van der Waals surface area contributed by atoms with Crippen LogP contribution in [0.1, 0.15) is 17.3 Å². The third kappa shape index (κ3) is 3.44. The van der Waals surface area contributed by atoms with E-state index in [0.29, 0.717) is 18.8 Å². The van der Waals surface area contributed by atoms with Gasteiger partial charge < -0.3 is 10.6 Å². The zero-order chi connectivity index (χ0) is 15.6. The molecule has 0 saturated carbocycles. The van der Waals surface area contributed by atoms with Crippen molar-refractivity contribution in [3.63, 3.8) is 0 Å². The van der Waals surface area contributed by atoms with Gasteiger partial charge in [0, 0.05) is 38.6 Å². The molecule has 0 aliphatic carbocycles. The molecule has 2 N–H and O–H groups in total. The highest BCUT2D eigenvalue weighted by atomic mass is 19.4. The zero-order valence-electron chi connectivity index (χ0n) is 11.6. The number of piperazine rings is 1. The molecule has 116 valence electrons. The number of amides is 1. The minimum Gasteiger partial charge on any atom is -0.368 e. The summed E-state index contributed by atoms with van der Waals surface area (Å²) in [5, 5.41) is 0. The lowest BCUT2D eigenvalue weighted by Gasteiger charge is -2.39. The third-order valence-corrected chi connectivity index (χ3v) is 3.74. The molecule has 0 radical (unpaired) electrons. The van der Waals surface area contributed by atoms with Crippen molar-refractivity contribution in [2.24, 2.45) is 5.73 Å². The number of halogens is 3. The number of anilines is 1. The molecular formula is C13H17F3N4O. The molecule has 1 saturated heterocycles. The normalized spacial score (nSPS) is 18.6. The van der Waals surface area contributed by atoms with Crippen molar-refractivity contribution in [2.75, 3.05) is 31.1 Å². The van der Waals surface area contributed by atoms with Crippen LogP contribution in [0.4, 0.5) is 18.9 Å². The predicted octanol–water partition coefficient (Wildman–Crippen LogP) is 1.25. The summed E-state index contributed by atoms with van der Waals surface area (Å²) < 4.78 is 38.1. The maximum Gasteiger partial charge on any atom is 0.403 e. The van der Waals surface area contributed by atoms with Gasteiger partial charge in [0.05, 0.1) is 11.3 Å². The quantitative estimate of drug-likeness (QED) is 0.913. The van der Waals surface area contributed by atoms with Crippen molar-refractivity contribution in [1.29, 1.82) is 0 Å². The number of hydrogen-bond acceptors (Lipinski definition) is 4. The van der Waals surface area contributed by atoms with E-state index in [1.807, 2.05) is 4.90 Å². The maximum absolute atomic E-state index is 12.7. The number of hydrogen-bond donors (Lipinski definition) is 1. The van der Waals surface area contributed by atoms with Crippen LogP contribution in [-0.2, 0) is 0 Å². The number of nitrogens with zero attached hydrogens (tertiary/aromatic N) is 3. The molecule has 2 heterocycles. The molecule has 2 rings (SSSR count). The fourth-order valence-electron chi connectivity index (χ4n) is 2.41. The average Bonchev–Trinajstić information content (AvgIpc) is 2.45. The summed E-state index contributed by atoms with van der Waals surface area (Å²) in [5.74, 6) is -0.593. The topological polar surface area (TPSA) is 62.5 Å². The first-order valence-corrected chi connectivity index (χ1v) is 6.60. The number of aromatic nitrogens is 1. The lowest BCUT2D eigenvalue weighted by Crippen LogP contribution is -2.54. The molecule has 1 aromatic heterocycles. The molecule has 1 amide bonds. The minimum absolute atomic E-state index is 0.279. The van der Waals surface area contributed by atoms with Gasteiger partial charge in [-0.3, -0.25) is 14.7 Å². The van der Waals surface area contributed by atoms with Crippen molar-refractivity contribution in [3.8, 4) is 0 Å². The van der Waals surface area contributed by atoms with Crippen molar-refractivity contribution in [3.05, 3.63) is 24.0 Å². The Morgan fingerprint density at radius 3 is 2.48 bits per heavy atom. The first-order valence-electron chi connectivity index (χ1n) is 6.60. The Bertz CT molecular complexity index is 512. The lowest BCUT2D eigenvalue weighted by molar-refractivity contribution is -0.179. The summed E-state index contributed by atoms with van der Waals surface area (Å²) in [6.45, 7) is 2.54. The molecule has 1 aliphatic rings. The number of primary amides is 1. The molecule has 5 nitrogen and oxygen atoms in total. The van der Waals surface area contributed by atoms with E-state index in [2.05, 4.69) is 4.98 Å². The van der Waals surface area contributed by atoms with Crippen molar-refractivity contribution >= 4 is 11.6 Å². The van der Waals surface area contributed by atoms with Crippen molar-refractivity contribution < 1.29 is 18.0 Å². The molecule has 1 atom stereocenters. The SMILES string of the molecule is CC(N1CCN(c2ccncc2C(N)=O)CC1)C(F)(F)F. The van der Waals surface area contributed by atoms with Gasteiger partial charge in [0.15, 0.2) is 0 Å². The standard InChI is InChI=1S/C13H17F3N4O/c1-9(13(14,15)16)19-4-6-20(7-5-19)11-2-3-18-8-10(11)12(17)21/h2-3,8-9H,4-7H2,1H3,(H2,17,21). The van der Waals surface area contributed by atoms with Gasteiger partial charge in [-0.1, -0.05) is 0 Å². The van der Waals surface area contributed by atoms with Gasteiger partial charge in [0.1, 0.15) is 6.04 Å². The highest BCUT2D eigenvalue weighted by Crippen LogP contribution is 2.27. The molecule has 0 spiro atoms. The van der Waals surface area contributed by atoms with Gasteiger partial charge in [0.2, 0.25) is 0 Å². The highest BCUT2D eigenvalue weighted by Gasteiger charge is 2.40. The molecule has 0 aromatic carbocycles.